The Kier molecular flexibility index (Phi) is 5.99. The SMILES string of the molecule is CCN(CC(=O)Nc1cccc(OC)c1)C(=O)c1cc2ccccc2n1CC. The molecule has 3 aromatic rings. The number of ether oxygens (including phenoxy) is 1. The average molecular weight is 379 g/mol. The maximum absolute atomic E-state index is 13.1. The molecule has 0 saturated carbocycles. The molecule has 0 aliphatic rings. The molecule has 0 unspecified atom stereocenters. The molecule has 1 N–H and O–H groups in total. The number of carbonyl (C=O) groups is 2. The van der Waals surface area contributed by atoms with E-state index >= 15 is 0 Å². The first-order chi connectivity index (χ1) is 13.6. The van der Waals surface area contributed by atoms with Crippen LogP contribution in [0.1, 0.15) is 24.3 Å². The number of amides is 2. The number of nitrogens with zero attached hydrogens (tertiary/aromatic N) is 2. The summed E-state index contributed by atoms with van der Waals surface area (Å²) < 4.78 is 7.16. The molecule has 3 rings (SSSR count). The van der Waals surface area contributed by atoms with Gasteiger partial charge in [0.2, 0.25) is 5.91 Å². The van der Waals surface area contributed by atoms with E-state index in [0.29, 0.717) is 30.2 Å². The van der Waals surface area contributed by atoms with Crippen molar-refractivity contribution in [1.82, 2.24) is 9.47 Å². The molecular weight excluding hydrogens is 354 g/mol. The Morgan fingerprint density at radius 2 is 1.86 bits per heavy atom. The third kappa shape index (κ3) is 4.01. The number of likely N-dealkylation sites (N-methyl/N-ethyl adjacent to an activating group) is 1. The molecule has 6 nitrogen and oxygen atoms in total. The van der Waals surface area contributed by atoms with E-state index in [2.05, 4.69) is 5.32 Å². The number of hydrogen-bond donors (Lipinski definition) is 1. The van der Waals surface area contributed by atoms with E-state index < -0.39 is 0 Å². The fraction of sp³-hybridized carbons (Fsp3) is 0.273. The highest BCUT2D eigenvalue weighted by Crippen LogP contribution is 2.21. The quantitative estimate of drug-likeness (QED) is 0.680. The Morgan fingerprint density at radius 3 is 2.57 bits per heavy atom. The Labute approximate surface area is 164 Å². The lowest BCUT2D eigenvalue weighted by Crippen LogP contribution is -2.38. The van der Waals surface area contributed by atoms with E-state index in [1.807, 2.05) is 48.7 Å². The number of benzene rings is 2. The highest BCUT2D eigenvalue weighted by molar-refractivity contribution is 6.01. The first-order valence-corrected chi connectivity index (χ1v) is 9.38. The van der Waals surface area contributed by atoms with Gasteiger partial charge in [0.05, 0.1) is 7.11 Å². The molecular formula is C22H25N3O3. The minimum atomic E-state index is -0.248. The summed E-state index contributed by atoms with van der Waals surface area (Å²) in [6.45, 7) is 4.99. The first-order valence-electron chi connectivity index (χ1n) is 9.38. The first kappa shape index (κ1) is 19.5. The highest BCUT2D eigenvalue weighted by Gasteiger charge is 2.22. The zero-order chi connectivity index (χ0) is 20.1. The van der Waals surface area contributed by atoms with Crippen molar-refractivity contribution < 1.29 is 14.3 Å². The number of fused-ring (bicyclic) bond motifs is 1. The van der Waals surface area contributed by atoms with Gasteiger partial charge in [-0.05, 0) is 38.1 Å². The largest absolute Gasteiger partial charge is 0.497 e. The topological polar surface area (TPSA) is 63.6 Å². The second-order valence-corrected chi connectivity index (χ2v) is 6.43. The summed E-state index contributed by atoms with van der Waals surface area (Å²) >= 11 is 0. The lowest BCUT2D eigenvalue weighted by atomic mass is 10.2. The molecule has 0 bridgehead atoms. The van der Waals surface area contributed by atoms with Crippen LogP contribution in [-0.2, 0) is 11.3 Å². The molecule has 1 aromatic heterocycles. The van der Waals surface area contributed by atoms with Gasteiger partial charge < -0.3 is 19.5 Å². The summed E-state index contributed by atoms with van der Waals surface area (Å²) in [6, 6.07) is 16.9. The third-order valence-electron chi connectivity index (χ3n) is 4.70. The number of para-hydroxylation sites is 1. The van der Waals surface area contributed by atoms with Gasteiger partial charge in [0, 0.05) is 35.7 Å². The fourth-order valence-electron chi connectivity index (χ4n) is 3.29. The Morgan fingerprint density at radius 1 is 1.07 bits per heavy atom. The summed E-state index contributed by atoms with van der Waals surface area (Å²) in [6.07, 6.45) is 0. The lowest BCUT2D eigenvalue weighted by molar-refractivity contribution is -0.116. The Hall–Kier alpha value is -3.28. The van der Waals surface area contributed by atoms with Crippen LogP contribution in [0.25, 0.3) is 10.9 Å². The van der Waals surface area contributed by atoms with Gasteiger partial charge in [-0.15, -0.1) is 0 Å². The maximum atomic E-state index is 13.1. The van der Waals surface area contributed by atoms with Crippen LogP contribution in [0.5, 0.6) is 5.75 Å². The van der Waals surface area contributed by atoms with Crippen LogP contribution in [-0.4, -0.2) is 41.5 Å². The smallest absolute Gasteiger partial charge is 0.270 e. The van der Waals surface area contributed by atoms with Crippen LogP contribution in [0.3, 0.4) is 0 Å². The number of anilines is 1. The molecule has 28 heavy (non-hydrogen) atoms. The van der Waals surface area contributed by atoms with Crippen molar-refractivity contribution in [2.45, 2.75) is 20.4 Å². The van der Waals surface area contributed by atoms with E-state index in [1.165, 1.54) is 0 Å². The predicted octanol–water partition coefficient (Wildman–Crippen LogP) is 3.77. The zero-order valence-electron chi connectivity index (χ0n) is 16.4. The van der Waals surface area contributed by atoms with Crippen LogP contribution in [0.2, 0.25) is 0 Å². The van der Waals surface area contributed by atoms with Gasteiger partial charge >= 0.3 is 0 Å². The monoisotopic (exact) mass is 379 g/mol. The number of hydrogen-bond acceptors (Lipinski definition) is 3. The molecule has 0 fully saturated rings. The van der Waals surface area contributed by atoms with Gasteiger partial charge in [0.15, 0.2) is 0 Å². The summed E-state index contributed by atoms with van der Waals surface area (Å²) in [7, 11) is 1.57. The van der Waals surface area contributed by atoms with Crippen molar-refractivity contribution in [1.29, 1.82) is 0 Å². The van der Waals surface area contributed by atoms with Crippen molar-refractivity contribution in [3.05, 3.63) is 60.3 Å². The molecule has 2 aromatic carbocycles. The molecule has 146 valence electrons. The van der Waals surface area contributed by atoms with Crippen LogP contribution in [0, 0.1) is 0 Å². The molecule has 0 spiro atoms. The standard InChI is InChI=1S/C22H25N3O3/c1-4-24(15-21(26)23-17-10-8-11-18(14-17)28-3)22(27)20-13-16-9-6-7-12-19(16)25(20)5-2/h6-14H,4-5,15H2,1-3H3,(H,23,26). The van der Waals surface area contributed by atoms with Crippen LogP contribution < -0.4 is 10.1 Å². The second-order valence-electron chi connectivity index (χ2n) is 6.43. The van der Waals surface area contributed by atoms with Crippen molar-refractivity contribution in [3.8, 4) is 5.75 Å². The van der Waals surface area contributed by atoms with E-state index in [4.69, 9.17) is 4.74 Å². The van der Waals surface area contributed by atoms with Crippen molar-refractivity contribution in [2.24, 2.45) is 0 Å². The number of methoxy groups -OCH3 is 1. The molecule has 2 amide bonds. The molecule has 0 aliphatic carbocycles. The summed E-state index contributed by atoms with van der Waals surface area (Å²) in [5.74, 6) is 0.262. The van der Waals surface area contributed by atoms with Gasteiger partial charge in [-0.25, -0.2) is 0 Å². The summed E-state index contributed by atoms with van der Waals surface area (Å²) in [4.78, 5) is 27.2. The number of carbonyl (C=O) groups excluding carboxylic acids is 2. The van der Waals surface area contributed by atoms with Gasteiger partial charge in [0.1, 0.15) is 18.0 Å². The molecule has 0 saturated heterocycles. The van der Waals surface area contributed by atoms with Gasteiger partial charge in [-0.3, -0.25) is 9.59 Å². The molecule has 0 radical (unpaired) electrons. The van der Waals surface area contributed by atoms with E-state index in [1.54, 1.807) is 36.3 Å². The van der Waals surface area contributed by atoms with Gasteiger partial charge in [-0.2, -0.15) is 0 Å². The molecule has 0 atom stereocenters. The molecule has 1 heterocycles. The number of nitrogens with one attached hydrogen (secondary N) is 1. The van der Waals surface area contributed by atoms with Crippen LogP contribution in [0.4, 0.5) is 5.69 Å². The maximum Gasteiger partial charge on any atom is 0.270 e. The summed E-state index contributed by atoms with van der Waals surface area (Å²) in [5.41, 5.74) is 2.25. The summed E-state index contributed by atoms with van der Waals surface area (Å²) in [5, 5.41) is 3.84. The Balaban J connectivity index is 1.77. The van der Waals surface area contributed by atoms with Crippen molar-refractivity contribution >= 4 is 28.4 Å². The highest BCUT2D eigenvalue weighted by atomic mass is 16.5. The van der Waals surface area contributed by atoms with E-state index in [-0.39, 0.29) is 18.4 Å². The molecule has 0 aliphatic heterocycles. The van der Waals surface area contributed by atoms with E-state index in [9.17, 15) is 9.59 Å². The van der Waals surface area contributed by atoms with Crippen molar-refractivity contribution in [3.63, 3.8) is 0 Å². The number of rotatable bonds is 7. The third-order valence-corrected chi connectivity index (χ3v) is 4.70. The second kappa shape index (κ2) is 8.61. The fourth-order valence-corrected chi connectivity index (χ4v) is 3.29. The average Bonchev–Trinajstić information content (AvgIpc) is 3.10. The number of aryl methyl sites for hydroxylation is 1. The van der Waals surface area contributed by atoms with Crippen LogP contribution in [0.15, 0.2) is 54.6 Å². The van der Waals surface area contributed by atoms with Crippen molar-refractivity contribution in [2.75, 3.05) is 25.5 Å². The Bertz CT molecular complexity index is 994. The van der Waals surface area contributed by atoms with Gasteiger partial charge in [-0.1, -0.05) is 24.3 Å². The van der Waals surface area contributed by atoms with E-state index in [0.717, 1.165) is 10.9 Å². The zero-order valence-corrected chi connectivity index (χ0v) is 16.4. The van der Waals surface area contributed by atoms with Crippen LogP contribution >= 0.6 is 0 Å². The molecule has 6 heteroatoms. The minimum Gasteiger partial charge on any atom is -0.497 e. The predicted molar refractivity (Wildman–Crippen MR) is 111 cm³/mol. The minimum absolute atomic E-state index is 0.0161. The van der Waals surface area contributed by atoms with Gasteiger partial charge in [0.25, 0.3) is 5.91 Å². The number of aromatic nitrogens is 1. The lowest BCUT2D eigenvalue weighted by Gasteiger charge is -2.21. The normalized spacial score (nSPS) is 10.7.